The fourth-order valence-corrected chi connectivity index (χ4v) is 4.72. The predicted molar refractivity (Wildman–Crippen MR) is 151 cm³/mol. The zero-order chi connectivity index (χ0) is 29.3. The first-order valence-electron chi connectivity index (χ1n) is 13.4. The smallest absolute Gasteiger partial charge is 0.264 e. The summed E-state index contributed by atoms with van der Waals surface area (Å²) in [7, 11) is 0. The monoisotopic (exact) mass is 562 g/mol. The zero-order valence-electron chi connectivity index (χ0n) is 23.6. The molecule has 0 aliphatic carbocycles. The molecule has 0 bridgehead atoms. The molecule has 1 atom stereocenters. The Kier molecular flexibility index (Phi) is 7.68. The lowest BCUT2D eigenvalue weighted by Crippen LogP contribution is -2.23. The van der Waals surface area contributed by atoms with Crippen LogP contribution >= 0.6 is 0 Å². The van der Waals surface area contributed by atoms with Crippen LogP contribution in [0.3, 0.4) is 0 Å². The molecule has 5 aromatic rings. The van der Waals surface area contributed by atoms with E-state index in [9.17, 15) is 13.9 Å². The molecule has 1 N–H and O–H groups in total. The van der Waals surface area contributed by atoms with Crippen LogP contribution in [0, 0.1) is 6.92 Å². The number of aliphatic hydroxyl groups excluding tert-OH is 1. The van der Waals surface area contributed by atoms with Gasteiger partial charge in [-0.1, -0.05) is 6.07 Å². The van der Waals surface area contributed by atoms with E-state index in [0.717, 1.165) is 36.9 Å². The lowest BCUT2D eigenvalue weighted by atomic mass is 10.0. The normalized spacial score (nSPS) is 12.6. The molecule has 0 saturated heterocycles. The molecule has 41 heavy (non-hydrogen) atoms. The predicted octanol–water partition coefficient (Wildman–Crippen LogP) is 5.71. The molecular weight excluding hydrogens is 530 g/mol. The number of fused-ring (bicyclic) bond motifs is 1. The highest BCUT2D eigenvalue weighted by Crippen LogP contribution is 2.33. The quantitative estimate of drug-likeness (QED) is 0.231. The Morgan fingerprint density at radius 1 is 1.02 bits per heavy atom. The fourth-order valence-electron chi connectivity index (χ4n) is 4.72. The van der Waals surface area contributed by atoms with E-state index in [1.54, 1.807) is 55.2 Å². The molecule has 0 radical (unpaired) electrons. The number of alkyl halides is 2. The van der Waals surface area contributed by atoms with Crippen LogP contribution in [0.4, 0.5) is 14.6 Å². The summed E-state index contributed by atoms with van der Waals surface area (Å²) in [6.07, 6.45) is 4.15. The first-order valence-corrected chi connectivity index (χ1v) is 13.4. The van der Waals surface area contributed by atoms with Crippen LogP contribution in [-0.2, 0) is 6.54 Å². The first-order chi connectivity index (χ1) is 19.6. The lowest BCUT2D eigenvalue weighted by molar-refractivity contribution is 0.000541. The number of aromatic nitrogens is 7. The first kappa shape index (κ1) is 28.1. The summed E-state index contributed by atoms with van der Waals surface area (Å²) in [5.41, 5.74) is 4.30. The fraction of sp³-hybridized carbons (Fsp3) is 0.345. The summed E-state index contributed by atoms with van der Waals surface area (Å²) in [6.45, 7) is 9.46. The second-order valence-electron chi connectivity index (χ2n) is 9.96. The third kappa shape index (κ3) is 6.02. The minimum atomic E-state index is -2.92. The van der Waals surface area contributed by atoms with Crippen molar-refractivity contribution in [2.24, 2.45) is 0 Å². The Bertz CT molecular complexity index is 1650. The minimum Gasteiger partial charge on any atom is -0.436 e. The number of rotatable bonds is 10. The van der Waals surface area contributed by atoms with Gasteiger partial charge >= 0.3 is 0 Å². The third-order valence-corrected chi connectivity index (χ3v) is 6.72. The Morgan fingerprint density at radius 3 is 2.46 bits per heavy atom. The van der Waals surface area contributed by atoms with Gasteiger partial charge in [-0.05, 0) is 52.0 Å². The Morgan fingerprint density at radius 2 is 1.80 bits per heavy atom. The summed E-state index contributed by atoms with van der Waals surface area (Å²) in [5, 5.41) is 27.6. The van der Waals surface area contributed by atoms with Crippen LogP contribution < -0.4 is 9.64 Å². The molecule has 10 nitrogen and oxygen atoms in total. The van der Waals surface area contributed by atoms with E-state index in [1.807, 2.05) is 18.2 Å². The lowest BCUT2D eigenvalue weighted by Gasteiger charge is -2.18. The van der Waals surface area contributed by atoms with Gasteiger partial charge in [0.15, 0.2) is 5.82 Å². The molecule has 0 fully saturated rings. The molecule has 5 rings (SSSR count). The minimum absolute atomic E-state index is 0.365. The van der Waals surface area contributed by atoms with Gasteiger partial charge in [-0.25, -0.2) is 18.3 Å². The van der Waals surface area contributed by atoms with E-state index in [-0.39, 0.29) is 0 Å². The average molecular weight is 563 g/mol. The van der Waals surface area contributed by atoms with Gasteiger partial charge in [-0.3, -0.25) is 4.68 Å². The van der Waals surface area contributed by atoms with Crippen molar-refractivity contribution in [3.63, 3.8) is 0 Å². The van der Waals surface area contributed by atoms with E-state index in [4.69, 9.17) is 9.72 Å². The standard InChI is InChI=1S/C29H32F2N8O2/c1-6-37(7-2)26-12-13-27(35-34-26)41-20-8-11-25-22(14-32-39(25)15-20)24-10-9-21(19(4)40)28(33-24)23-16-38(36-18(23)3)17-29(5,30)31/h8-16,19,40H,6-7,17H2,1-5H3. The number of nitrogens with zero attached hydrogens (tertiary/aromatic N) is 8. The molecule has 214 valence electrons. The van der Waals surface area contributed by atoms with Crippen molar-refractivity contribution in [1.82, 2.24) is 34.6 Å². The summed E-state index contributed by atoms with van der Waals surface area (Å²) in [5.74, 6) is -1.23. The van der Waals surface area contributed by atoms with Gasteiger partial charge in [0, 0.05) is 49.0 Å². The van der Waals surface area contributed by atoms with E-state index < -0.39 is 18.6 Å². The summed E-state index contributed by atoms with van der Waals surface area (Å²) >= 11 is 0. The van der Waals surface area contributed by atoms with E-state index in [0.29, 0.717) is 39.8 Å². The van der Waals surface area contributed by atoms with Gasteiger partial charge in [0.25, 0.3) is 5.92 Å². The summed E-state index contributed by atoms with van der Waals surface area (Å²) < 4.78 is 36.1. The molecule has 0 aliphatic heterocycles. The van der Waals surface area contributed by atoms with Gasteiger partial charge in [0.1, 0.15) is 12.3 Å². The molecule has 0 saturated carbocycles. The molecule has 0 amide bonds. The van der Waals surface area contributed by atoms with E-state index >= 15 is 0 Å². The maximum Gasteiger partial charge on any atom is 0.264 e. The van der Waals surface area contributed by atoms with Crippen molar-refractivity contribution in [2.75, 3.05) is 18.0 Å². The van der Waals surface area contributed by atoms with Crippen LogP contribution in [0.25, 0.3) is 28.0 Å². The average Bonchev–Trinajstić information content (AvgIpc) is 3.51. The van der Waals surface area contributed by atoms with Crippen molar-refractivity contribution in [2.45, 2.75) is 53.2 Å². The van der Waals surface area contributed by atoms with Crippen LogP contribution in [-0.4, -0.2) is 58.7 Å². The Hall–Kier alpha value is -4.45. The summed E-state index contributed by atoms with van der Waals surface area (Å²) in [4.78, 5) is 6.94. The highest BCUT2D eigenvalue weighted by molar-refractivity contribution is 5.80. The van der Waals surface area contributed by atoms with Crippen LogP contribution in [0.5, 0.6) is 11.6 Å². The molecule has 12 heteroatoms. The second kappa shape index (κ2) is 11.2. The van der Waals surface area contributed by atoms with Crippen molar-refractivity contribution >= 4 is 11.3 Å². The van der Waals surface area contributed by atoms with E-state index in [2.05, 4.69) is 39.1 Å². The second-order valence-corrected chi connectivity index (χ2v) is 9.96. The number of hydrogen-bond acceptors (Lipinski definition) is 8. The molecule has 0 spiro atoms. The summed E-state index contributed by atoms with van der Waals surface area (Å²) in [6, 6.07) is 10.9. The Labute approximate surface area is 236 Å². The van der Waals surface area contributed by atoms with E-state index in [1.165, 1.54) is 4.68 Å². The van der Waals surface area contributed by atoms with Gasteiger partial charge in [0.05, 0.1) is 41.1 Å². The van der Waals surface area contributed by atoms with Crippen molar-refractivity contribution in [1.29, 1.82) is 0 Å². The number of ether oxygens (including phenoxy) is 1. The van der Waals surface area contributed by atoms with Gasteiger partial charge in [0.2, 0.25) is 5.88 Å². The molecule has 1 unspecified atom stereocenters. The SMILES string of the molecule is CCN(CC)c1ccc(Oc2ccc3c(-c4ccc(C(C)O)c(-c5cn(CC(C)(F)F)nc5C)n4)cnn3c2)nn1. The van der Waals surface area contributed by atoms with Crippen LogP contribution in [0.2, 0.25) is 0 Å². The Balaban J connectivity index is 1.45. The maximum atomic E-state index is 13.6. The molecule has 5 aromatic heterocycles. The van der Waals surface area contributed by atoms with Crippen LogP contribution in [0.15, 0.2) is 55.0 Å². The largest absolute Gasteiger partial charge is 0.436 e. The topological polar surface area (TPSA) is 106 Å². The third-order valence-electron chi connectivity index (χ3n) is 6.72. The van der Waals surface area contributed by atoms with Crippen molar-refractivity contribution in [3.8, 4) is 34.1 Å². The van der Waals surface area contributed by atoms with Crippen LogP contribution in [0.1, 0.15) is 45.1 Å². The van der Waals surface area contributed by atoms with Crippen molar-refractivity contribution < 1.29 is 18.6 Å². The molecule has 0 aliphatic rings. The molecule has 0 aromatic carbocycles. The number of aryl methyl sites for hydroxylation is 1. The zero-order valence-corrected chi connectivity index (χ0v) is 23.6. The van der Waals surface area contributed by atoms with Gasteiger partial charge in [-0.15, -0.1) is 10.2 Å². The van der Waals surface area contributed by atoms with Gasteiger partial charge < -0.3 is 14.7 Å². The molecular formula is C29H32F2N8O2. The number of hydrogen-bond donors (Lipinski definition) is 1. The highest BCUT2D eigenvalue weighted by Gasteiger charge is 2.25. The van der Waals surface area contributed by atoms with Gasteiger partial charge in [-0.2, -0.15) is 10.2 Å². The molecule has 5 heterocycles. The number of anilines is 1. The highest BCUT2D eigenvalue weighted by atomic mass is 19.3. The number of pyridine rings is 2. The number of aliphatic hydroxyl groups is 1. The number of halogens is 2. The van der Waals surface area contributed by atoms with Crippen molar-refractivity contribution in [3.05, 3.63) is 66.2 Å². The maximum absolute atomic E-state index is 13.6.